The number of carbonyl (C=O) groups is 1. The molecule has 0 spiro atoms. The first-order chi connectivity index (χ1) is 11.0. The van der Waals surface area contributed by atoms with Crippen molar-refractivity contribution in [3.63, 3.8) is 0 Å². The van der Waals surface area contributed by atoms with Gasteiger partial charge in [-0.1, -0.05) is 29.3 Å². The number of aryl methyl sites for hydroxylation is 1. The maximum absolute atomic E-state index is 12.1. The number of hydrogen-bond donors (Lipinski definition) is 1. The predicted octanol–water partition coefficient (Wildman–Crippen LogP) is 4.32. The summed E-state index contributed by atoms with van der Waals surface area (Å²) in [7, 11) is 0. The Kier molecular flexibility index (Phi) is 6.81. The third kappa shape index (κ3) is 6.16. The van der Waals surface area contributed by atoms with Gasteiger partial charge in [-0.2, -0.15) is 0 Å². The summed E-state index contributed by atoms with van der Waals surface area (Å²) >= 11 is 7.36. The minimum Gasteiger partial charge on any atom is -0.492 e. The monoisotopic (exact) mass is 349 g/mol. The van der Waals surface area contributed by atoms with E-state index in [1.165, 1.54) is 5.56 Å². The van der Waals surface area contributed by atoms with Gasteiger partial charge in [-0.15, -0.1) is 11.8 Å². The van der Waals surface area contributed by atoms with Crippen LogP contribution in [-0.4, -0.2) is 24.3 Å². The van der Waals surface area contributed by atoms with Gasteiger partial charge in [0.25, 0.3) is 0 Å². The number of rotatable bonds is 7. The van der Waals surface area contributed by atoms with E-state index in [0.29, 0.717) is 18.2 Å². The van der Waals surface area contributed by atoms with Gasteiger partial charge in [-0.25, -0.2) is 0 Å². The molecule has 1 unspecified atom stereocenters. The summed E-state index contributed by atoms with van der Waals surface area (Å²) in [6.07, 6.45) is 0. The van der Waals surface area contributed by atoms with Crippen LogP contribution in [0.25, 0.3) is 0 Å². The molecule has 0 aliphatic carbocycles. The molecule has 23 heavy (non-hydrogen) atoms. The standard InChI is InChI=1S/C18H20ClNO2S/c1-13-3-9-17(10-4-13)23-14(2)18(21)20-11-12-22-16-7-5-15(19)6-8-16/h3-10,14H,11-12H2,1-2H3,(H,20,21). The van der Waals surface area contributed by atoms with E-state index in [0.717, 1.165) is 10.6 Å². The average molecular weight is 350 g/mol. The zero-order valence-corrected chi connectivity index (χ0v) is 14.8. The van der Waals surface area contributed by atoms with Gasteiger partial charge in [0.2, 0.25) is 5.91 Å². The molecule has 2 rings (SSSR count). The summed E-state index contributed by atoms with van der Waals surface area (Å²) in [5.74, 6) is 0.751. The number of ether oxygens (including phenoxy) is 1. The number of carbonyl (C=O) groups excluding carboxylic acids is 1. The minimum atomic E-state index is -0.145. The molecule has 0 aliphatic rings. The van der Waals surface area contributed by atoms with E-state index >= 15 is 0 Å². The fraction of sp³-hybridized carbons (Fsp3) is 0.278. The number of nitrogens with one attached hydrogen (secondary N) is 1. The molecule has 0 radical (unpaired) electrons. The fourth-order valence-corrected chi connectivity index (χ4v) is 2.91. The summed E-state index contributed by atoms with van der Waals surface area (Å²) in [5, 5.41) is 3.41. The first kappa shape index (κ1) is 17.7. The second-order valence-electron chi connectivity index (χ2n) is 5.17. The summed E-state index contributed by atoms with van der Waals surface area (Å²) in [4.78, 5) is 13.2. The smallest absolute Gasteiger partial charge is 0.233 e. The van der Waals surface area contributed by atoms with Gasteiger partial charge in [0.15, 0.2) is 0 Å². The lowest BCUT2D eigenvalue weighted by molar-refractivity contribution is -0.120. The number of amides is 1. The highest BCUT2D eigenvalue weighted by molar-refractivity contribution is 8.00. The zero-order valence-electron chi connectivity index (χ0n) is 13.2. The van der Waals surface area contributed by atoms with E-state index in [4.69, 9.17) is 16.3 Å². The van der Waals surface area contributed by atoms with Crippen molar-refractivity contribution in [1.82, 2.24) is 5.32 Å². The van der Waals surface area contributed by atoms with Crippen LogP contribution >= 0.6 is 23.4 Å². The summed E-state index contributed by atoms with van der Waals surface area (Å²) in [5.41, 5.74) is 1.21. The Balaban J connectivity index is 1.69. The van der Waals surface area contributed by atoms with Crippen molar-refractivity contribution in [2.45, 2.75) is 24.0 Å². The Morgan fingerprint density at radius 3 is 2.48 bits per heavy atom. The van der Waals surface area contributed by atoms with Gasteiger partial charge in [0.1, 0.15) is 12.4 Å². The van der Waals surface area contributed by atoms with Crippen molar-refractivity contribution in [3.05, 3.63) is 59.1 Å². The molecule has 0 saturated carbocycles. The van der Waals surface area contributed by atoms with Crippen molar-refractivity contribution in [2.75, 3.05) is 13.2 Å². The molecule has 0 heterocycles. The molecule has 0 bridgehead atoms. The first-order valence-electron chi connectivity index (χ1n) is 7.44. The molecule has 2 aromatic carbocycles. The normalized spacial score (nSPS) is 11.8. The van der Waals surface area contributed by atoms with Crippen molar-refractivity contribution < 1.29 is 9.53 Å². The lowest BCUT2D eigenvalue weighted by Gasteiger charge is -2.12. The maximum Gasteiger partial charge on any atom is 0.233 e. The van der Waals surface area contributed by atoms with Crippen LogP contribution in [0.3, 0.4) is 0 Å². The predicted molar refractivity (Wildman–Crippen MR) is 96.5 cm³/mol. The highest BCUT2D eigenvalue weighted by atomic mass is 35.5. The van der Waals surface area contributed by atoms with Crippen LogP contribution in [0, 0.1) is 6.92 Å². The van der Waals surface area contributed by atoms with E-state index < -0.39 is 0 Å². The van der Waals surface area contributed by atoms with Gasteiger partial charge in [-0.05, 0) is 50.2 Å². The molecular weight excluding hydrogens is 330 g/mol. The van der Waals surface area contributed by atoms with E-state index in [9.17, 15) is 4.79 Å². The van der Waals surface area contributed by atoms with Gasteiger partial charge < -0.3 is 10.1 Å². The van der Waals surface area contributed by atoms with Gasteiger partial charge in [-0.3, -0.25) is 4.79 Å². The third-order valence-electron chi connectivity index (χ3n) is 3.19. The quantitative estimate of drug-likeness (QED) is 0.597. The topological polar surface area (TPSA) is 38.3 Å². The van der Waals surface area contributed by atoms with Crippen LogP contribution in [0.2, 0.25) is 5.02 Å². The third-order valence-corrected chi connectivity index (χ3v) is 4.55. The zero-order chi connectivity index (χ0) is 16.7. The molecule has 3 nitrogen and oxygen atoms in total. The molecule has 1 amide bonds. The van der Waals surface area contributed by atoms with Crippen LogP contribution in [-0.2, 0) is 4.79 Å². The molecule has 0 aliphatic heterocycles. The molecule has 0 aromatic heterocycles. The summed E-state index contributed by atoms with van der Waals surface area (Å²) in [6, 6.07) is 15.3. The van der Waals surface area contributed by atoms with E-state index in [-0.39, 0.29) is 11.2 Å². The largest absolute Gasteiger partial charge is 0.492 e. The van der Waals surface area contributed by atoms with Crippen molar-refractivity contribution in [1.29, 1.82) is 0 Å². The van der Waals surface area contributed by atoms with E-state index in [1.807, 2.05) is 38.1 Å². The van der Waals surface area contributed by atoms with Crippen molar-refractivity contribution >= 4 is 29.3 Å². The molecule has 1 N–H and O–H groups in total. The Hall–Kier alpha value is -1.65. The highest BCUT2D eigenvalue weighted by Gasteiger charge is 2.13. The lowest BCUT2D eigenvalue weighted by atomic mass is 10.2. The minimum absolute atomic E-state index is 0.00952. The molecule has 1 atom stereocenters. The Morgan fingerprint density at radius 1 is 1.17 bits per heavy atom. The lowest BCUT2D eigenvalue weighted by Crippen LogP contribution is -2.33. The number of thioether (sulfide) groups is 1. The Labute approximate surface area is 146 Å². The average Bonchev–Trinajstić information content (AvgIpc) is 2.55. The second-order valence-corrected chi connectivity index (χ2v) is 7.02. The molecule has 122 valence electrons. The molecular formula is C18H20ClNO2S. The Bertz CT molecular complexity index is 628. The van der Waals surface area contributed by atoms with Crippen LogP contribution in [0.5, 0.6) is 5.75 Å². The molecule has 2 aromatic rings. The second kappa shape index (κ2) is 8.85. The van der Waals surface area contributed by atoms with Crippen molar-refractivity contribution in [3.8, 4) is 5.75 Å². The van der Waals surface area contributed by atoms with Crippen LogP contribution in [0.4, 0.5) is 0 Å². The summed E-state index contributed by atoms with van der Waals surface area (Å²) < 4.78 is 5.54. The first-order valence-corrected chi connectivity index (χ1v) is 8.70. The van der Waals surface area contributed by atoms with Crippen LogP contribution < -0.4 is 10.1 Å². The fourth-order valence-electron chi connectivity index (χ4n) is 1.89. The molecule has 5 heteroatoms. The van der Waals surface area contributed by atoms with E-state index in [1.54, 1.807) is 36.0 Å². The summed E-state index contributed by atoms with van der Waals surface area (Å²) in [6.45, 7) is 4.85. The van der Waals surface area contributed by atoms with Crippen molar-refractivity contribution in [2.24, 2.45) is 0 Å². The Morgan fingerprint density at radius 2 is 1.83 bits per heavy atom. The van der Waals surface area contributed by atoms with Crippen LogP contribution in [0.15, 0.2) is 53.4 Å². The van der Waals surface area contributed by atoms with Gasteiger partial charge in [0.05, 0.1) is 11.8 Å². The van der Waals surface area contributed by atoms with Crippen LogP contribution in [0.1, 0.15) is 12.5 Å². The van der Waals surface area contributed by atoms with Gasteiger partial charge in [0, 0.05) is 9.92 Å². The number of hydrogen-bond acceptors (Lipinski definition) is 3. The maximum atomic E-state index is 12.1. The molecule has 0 fully saturated rings. The number of benzene rings is 2. The molecule has 0 saturated heterocycles. The SMILES string of the molecule is Cc1ccc(SC(C)C(=O)NCCOc2ccc(Cl)cc2)cc1. The van der Waals surface area contributed by atoms with Gasteiger partial charge >= 0.3 is 0 Å². The number of halogens is 1. The van der Waals surface area contributed by atoms with E-state index in [2.05, 4.69) is 5.32 Å². The highest BCUT2D eigenvalue weighted by Crippen LogP contribution is 2.23.